The summed E-state index contributed by atoms with van der Waals surface area (Å²) in [6.45, 7) is 3.95. The normalized spacial score (nSPS) is 13.6. The predicted molar refractivity (Wildman–Crippen MR) is 57.5 cm³/mol. The van der Waals surface area contributed by atoms with Gasteiger partial charge >= 0.3 is 5.97 Å². The van der Waals surface area contributed by atoms with E-state index in [1.807, 2.05) is 12.1 Å². The third-order valence-corrected chi connectivity index (χ3v) is 2.57. The molecule has 1 aliphatic heterocycles. The van der Waals surface area contributed by atoms with Gasteiger partial charge in [0, 0.05) is 5.56 Å². The average molecular weight is 217 g/mol. The van der Waals surface area contributed by atoms with E-state index in [-0.39, 0.29) is 11.6 Å². The molecule has 4 nitrogen and oxygen atoms in total. The van der Waals surface area contributed by atoms with Crippen LogP contribution in [0.4, 0.5) is 0 Å². The number of methoxy groups -OCH3 is 1. The van der Waals surface area contributed by atoms with Crippen LogP contribution < -0.4 is 0 Å². The van der Waals surface area contributed by atoms with Crippen molar-refractivity contribution >= 4 is 11.9 Å². The molecule has 1 heterocycles. The highest BCUT2D eigenvalue weighted by molar-refractivity contribution is 6.03. The Labute approximate surface area is 93.1 Å². The minimum Gasteiger partial charge on any atom is -0.464 e. The lowest BCUT2D eigenvalue weighted by Crippen LogP contribution is -2.27. The molecular formula is C12H11NO3. The van der Waals surface area contributed by atoms with Gasteiger partial charge in [0.2, 0.25) is 0 Å². The maximum absolute atomic E-state index is 11.9. The number of rotatable bonds is 2. The van der Waals surface area contributed by atoms with E-state index in [1.165, 1.54) is 12.0 Å². The van der Waals surface area contributed by atoms with Crippen LogP contribution in [0.3, 0.4) is 0 Å². The van der Waals surface area contributed by atoms with Crippen LogP contribution in [-0.2, 0) is 16.1 Å². The van der Waals surface area contributed by atoms with Gasteiger partial charge in [0.25, 0.3) is 5.91 Å². The fraction of sp³-hybridized carbons (Fsp3) is 0.167. The fourth-order valence-electron chi connectivity index (χ4n) is 1.70. The second-order valence-electron chi connectivity index (χ2n) is 3.49. The molecule has 2 rings (SSSR count). The molecule has 16 heavy (non-hydrogen) atoms. The zero-order valence-corrected chi connectivity index (χ0v) is 8.90. The Morgan fingerprint density at radius 2 is 2.12 bits per heavy atom. The van der Waals surface area contributed by atoms with Crippen molar-refractivity contribution in [2.24, 2.45) is 0 Å². The lowest BCUT2D eigenvalue weighted by Gasteiger charge is -2.15. The molecule has 0 aliphatic carbocycles. The fourth-order valence-corrected chi connectivity index (χ4v) is 1.70. The molecule has 1 amide bonds. The van der Waals surface area contributed by atoms with Crippen LogP contribution in [0, 0.1) is 0 Å². The zero-order chi connectivity index (χ0) is 11.7. The van der Waals surface area contributed by atoms with Crippen molar-refractivity contribution in [2.75, 3.05) is 7.11 Å². The number of hydrogen-bond donors (Lipinski definition) is 0. The van der Waals surface area contributed by atoms with Crippen molar-refractivity contribution in [1.29, 1.82) is 0 Å². The van der Waals surface area contributed by atoms with Gasteiger partial charge in [0.15, 0.2) is 0 Å². The van der Waals surface area contributed by atoms with Gasteiger partial charge < -0.3 is 4.74 Å². The van der Waals surface area contributed by atoms with E-state index < -0.39 is 5.97 Å². The maximum Gasteiger partial charge on any atom is 0.354 e. The summed E-state index contributed by atoms with van der Waals surface area (Å²) < 4.78 is 4.54. The highest BCUT2D eigenvalue weighted by Gasteiger charge is 2.31. The van der Waals surface area contributed by atoms with Gasteiger partial charge in [-0.05, 0) is 11.6 Å². The van der Waals surface area contributed by atoms with E-state index >= 15 is 0 Å². The number of benzene rings is 1. The number of nitrogens with zero attached hydrogens (tertiary/aromatic N) is 1. The molecule has 0 radical (unpaired) electrons. The molecule has 1 aliphatic rings. The largest absolute Gasteiger partial charge is 0.464 e. The number of carbonyl (C=O) groups is 2. The van der Waals surface area contributed by atoms with Gasteiger partial charge in [-0.2, -0.15) is 0 Å². The first kappa shape index (κ1) is 10.4. The topological polar surface area (TPSA) is 46.6 Å². The zero-order valence-electron chi connectivity index (χ0n) is 8.90. The molecule has 0 aromatic heterocycles. The lowest BCUT2D eigenvalue weighted by molar-refractivity contribution is -0.137. The number of carbonyl (C=O) groups excluding carboxylic acids is 2. The van der Waals surface area contributed by atoms with E-state index in [2.05, 4.69) is 11.3 Å². The van der Waals surface area contributed by atoms with E-state index in [0.717, 1.165) is 5.56 Å². The minimum atomic E-state index is -0.582. The Kier molecular flexibility index (Phi) is 2.48. The summed E-state index contributed by atoms with van der Waals surface area (Å²) in [6, 6.07) is 7.25. The first-order valence-electron chi connectivity index (χ1n) is 4.82. The SMILES string of the molecule is C=C(C(=O)OC)N1Cc2ccccc2C1=O. The van der Waals surface area contributed by atoms with Crippen molar-refractivity contribution < 1.29 is 14.3 Å². The van der Waals surface area contributed by atoms with E-state index in [4.69, 9.17) is 0 Å². The van der Waals surface area contributed by atoms with Crippen LogP contribution in [0.15, 0.2) is 36.5 Å². The van der Waals surface area contributed by atoms with Gasteiger partial charge in [-0.1, -0.05) is 24.8 Å². The third-order valence-electron chi connectivity index (χ3n) is 2.57. The molecule has 1 aromatic rings. The van der Waals surface area contributed by atoms with Crippen molar-refractivity contribution in [3.8, 4) is 0 Å². The molecule has 0 bridgehead atoms. The van der Waals surface area contributed by atoms with Gasteiger partial charge in [-0.3, -0.25) is 9.69 Å². The summed E-state index contributed by atoms with van der Waals surface area (Å²) in [5, 5.41) is 0. The first-order chi connectivity index (χ1) is 7.65. The van der Waals surface area contributed by atoms with E-state index in [0.29, 0.717) is 12.1 Å². The molecular weight excluding hydrogens is 206 g/mol. The summed E-state index contributed by atoms with van der Waals surface area (Å²) >= 11 is 0. The molecule has 4 heteroatoms. The van der Waals surface area contributed by atoms with Crippen molar-refractivity contribution in [3.05, 3.63) is 47.7 Å². The van der Waals surface area contributed by atoms with Crippen LogP contribution in [0.2, 0.25) is 0 Å². The molecule has 0 fully saturated rings. The van der Waals surface area contributed by atoms with Gasteiger partial charge in [0.1, 0.15) is 5.70 Å². The molecule has 0 atom stereocenters. The standard InChI is InChI=1S/C12H11NO3/c1-8(12(15)16-2)13-7-9-5-3-4-6-10(9)11(13)14/h3-6H,1,7H2,2H3. The molecule has 0 unspecified atom stereocenters. The van der Waals surface area contributed by atoms with Gasteiger partial charge in [-0.25, -0.2) is 4.79 Å². The molecule has 0 saturated heterocycles. The van der Waals surface area contributed by atoms with E-state index in [1.54, 1.807) is 12.1 Å². The lowest BCUT2D eigenvalue weighted by atomic mass is 10.1. The predicted octanol–water partition coefficient (Wildman–Crippen LogP) is 1.33. The van der Waals surface area contributed by atoms with Crippen LogP contribution in [0.1, 0.15) is 15.9 Å². The second kappa shape index (κ2) is 3.81. The summed E-state index contributed by atoms with van der Waals surface area (Å²) in [4.78, 5) is 24.5. The highest BCUT2D eigenvalue weighted by Crippen LogP contribution is 2.25. The van der Waals surface area contributed by atoms with Gasteiger partial charge in [-0.15, -0.1) is 0 Å². The Morgan fingerprint density at radius 3 is 2.75 bits per heavy atom. The number of fused-ring (bicyclic) bond motifs is 1. The summed E-state index contributed by atoms with van der Waals surface area (Å²) in [6.07, 6.45) is 0. The summed E-state index contributed by atoms with van der Waals surface area (Å²) in [5.41, 5.74) is 1.59. The van der Waals surface area contributed by atoms with Crippen molar-refractivity contribution in [1.82, 2.24) is 4.90 Å². The molecule has 0 N–H and O–H groups in total. The third kappa shape index (κ3) is 1.48. The van der Waals surface area contributed by atoms with Crippen LogP contribution in [-0.4, -0.2) is 23.9 Å². The number of esters is 1. The molecule has 82 valence electrons. The van der Waals surface area contributed by atoms with Crippen molar-refractivity contribution in [3.63, 3.8) is 0 Å². The van der Waals surface area contributed by atoms with Crippen LogP contribution in [0.5, 0.6) is 0 Å². The summed E-state index contributed by atoms with van der Waals surface area (Å²) in [7, 11) is 1.27. The van der Waals surface area contributed by atoms with E-state index in [9.17, 15) is 9.59 Å². The van der Waals surface area contributed by atoms with Gasteiger partial charge in [0.05, 0.1) is 13.7 Å². The quantitative estimate of drug-likeness (QED) is 0.554. The minimum absolute atomic E-state index is 0.0729. The summed E-state index contributed by atoms with van der Waals surface area (Å²) in [5.74, 6) is -0.785. The van der Waals surface area contributed by atoms with Crippen molar-refractivity contribution in [2.45, 2.75) is 6.54 Å². The Morgan fingerprint density at radius 1 is 1.44 bits per heavy atom. The molecule has 0 saturated carbocycles. The van der Waals surface area contributed by atoms with Crippen LogP contribution >= 0.6 is 0 Å². The van der Waals surface area contributed by atoms with Crippen LogP contribution in [0.25, 0.3) is 0 Å². The Hall–Kier alpha value is -2.10. The Balaban J connectivity index is 2.29. The smallest absolute Gasteiger partial charge is 0.354 e. The number of hydrogen-bond acceptors (Lipinski definition) is 3. The monoisotopic (exact) mass is 217 g/mol. The highest BCUT2D eigenvalue weighted by atomic mass is 16.5. The number of ether oxygens (including phenoxy) is 1. The first-order valence-corrected chi connectivity index (χ1v) is 4.82. The molecule has 1 aromatic carbocycles. The molecule has 0 spiro atoms. The Bertz CT molecular complexity index is 479. The maximum atomic E-state index is 11.9. The average Bonchev–Trinajstić information content (AvgIpc) is 2.65. The second-order valence-corrected chi connectivity index (χ2v) is 3.49. The number of amides is 1.